The second-order valence-electron chi connectivity index (χ2n) is 7.19. The van der Waals surface area contributed by atoms with Crippen molar-refractivity contribution in [1.29, 1.82) is 5.26 Å². The Morgan fingerprint density at radius 1 is 0.971 bits per heavy atom. The molecule has 1 atom stereocenters. The van der Waals surface area contributed by atoms with Gasteiger partial charge in [0.2, 0.25) is 5.91 Å². The van der Waals surface area contributed by atoms with E-state index in [1.54, 1.807) is 60.7 Å². The number of rotatable bonds is 5. The summed E-state index contributed by atoms with van der Waals surface area (Å²) in [5.74, 6) is -0.949. The van der Waals surface area contributed by atoms with Crippen molar-refractivity contribution < 1.29 is 9.59 Å². The molecule has 1 aliphatic rings. The Hall–Kier alpha value is -4.06. The molecule has 2 amide bonds. The molecule has 0 aromatic heterocycles. The molecular formula is C25H18ClN5O2S. The van der Waals surface area contributed by atoms with Crippen LogP contribution in [-0.2, 0) is 9.59 Å². The van der Waals surface area contributed by atoms with E-state index in [0.717, 1.165) is 11.8 Å². The van der Waals surface area contributed by atoms with Gasteiger partial charge in [0.15, 0.2) is 0 Å². The zero-order chi connectivity index (χ0) is 24.1. The molecule has 0 aliphatic carbocycles. The Morgan fingerprint density at radius 3 is 2.35 bits per heavy atom. The molecule has 3 aromatic carbocycles. The highest BCUT2D eigenvalue weighted by Gasteiger charge is 2.38. The van der Waals surface area contributed by atoms with E-state index in [2.05, 4.69) is 15.6 Å². The van der Waals surface area contributed by atoms with E-state index in [1.807, 2.05) is 24.3 Å². The first kappa shape index (κ1) is 23.1. The summed E-state index contributed by atoms with van der Waals surface area (Å²) in [6.07, 6.45) is 0. The number of carbonyl (C=O) groups is 2. The average molecular weight is 488 g/mol. The fourth-order valence-electron chi connectivity index (χ4n) is 3.23. The van der Waals surface area contributed by atoms with Gasteiger partial charge in [0, 0.05) is 16.4 Å². The summed E-state index contributed by atoms with van der Waals surface area (Å²) in [6.45, 7) is 0. The number of anilines is 2. The van der Waals surface area contributed by atoms with E-state index in [4.69, 9.17) is 17.3 Å². The van der Waals surface area contributed by atoms with E-state index < -0.39 is 17.1 Å². The minimum atomic E-state index is -0.903. The van der Waals surface area contributed by atoms with Gasteiger partial charge < -0.3 is 16.4 Å². The van der Waals surface area contributed by atoms with Gasteiger partial charge in [0.25, 0.3) is 5.91 Å². The number of para-hydroxylation sites is 2. The molecule has 1 heterocycles. The van der Waals surface area contributed by atoms with E-state index in [0.29, 0.717) is 32.7 Å². The fraction of sp³-hybridized carbons (Fsp3) is 0.0400. The number of hydrogen-bond donors (Lipinski definition) is 3. The Kier molecular flexibility index (Phi) is 6.97. The maximum absolute atomic E-state index is 13.2. The molecule has 0 bridgehead atoms. The lowest BCUT2D eigenvalue weighted by atomic mass is 10.1. The largest absolute Gasteiger partial charge is 0.400 e. The second-order valence-corrected chi connectivity index (χ2v) is 8.72. The number of nitriles is 1. The molecule has 0 radical (unpaired) electrons. The van der Waals surface area contributed by atoms with Crippen molar-refractivity contribution in [1.82, 2.24) is 0 Å². The molecular weight excluding hydrogens is 470 g/mol. The van der Waals surface area contributed by atoms with E-state index in [1.165, 1.54) is 0 Å². The number of amides is 2. The molecule has 4 rings (SSSR count). The molecule has 0 spiro atoms. The van der Waals surface area contributed by atoms with E-state index in [-0.39, 0.29) is 11.3 Å². The predicted molar refractivity (Wildman–Crippen MR) is 136 cm³/mol. The molecule has 7 nitrogen and oxygen atoms in total. The van der Waals surface area contributed by atoms with Crippen LogP contribution >= 0.6 is 23.4 Å². The van der Waals surface area contributed by atoms with Crippen molar-refractivity contribution in [2.75, 3.05) is 10.6 Å². The van der Waals surface area contributed by atoms with Crippen molar-refractivity contribution >= 4 is 57.3 Å². The summed E-state index contributed by atoms with van der Waals surface area (Å²) < 4.78 is 0. The average Bonchev–Trinajstić information content (AvgIpc) is 3.17. The standard InChI is InChI=1S/C25H18ClN5O2S/c26-16-10-12-18(13-11-16)29-23(32)20-21(28)22(34-25(20)30-17-7-2-1-3-8-17)24(33)31-19-9-5-4-6-15(19)14-27/h1-13,22H,28H2,(H,29,32)(H,31,33)/t22-/m0/s1. The van der Waals surface area contributed by atoms with Crippen LogP contribution in [0.3, 0.4) is 0 Å². The molecule has 9 heteroatoms. The quantitative estimate of drug-likeness (QED) is 0.475. The monoisotopic (exact) mass is 487 g/mol. The third-order valence-electron chi connectivity index (χ3n) is 4.87. The van der Waals surface area contributed by atoms with Crippen LogP contribution in [0.4, 0.5) is 17.1 Å². The molecule has 1 aliphatic heterocycles. The minimum Gasteiger partial charge on any atom is -0.400 e. The number of benzene rings is 3. The summed E-state index contributed by atoms with van der Waals surface area (Å²) in [7, 11) is 0. The maximum Gasteiger partial charge on any atom is 0.260 e. The maximum atomic E-state index is 13.2. The van der Waals surface area contributed by atoms with Crippen LogP contribution in [0.2, 0.25) is 5.02 Å². The number of carbonyl (C=O) groups excluding carboxylic acids is 2. The van der Waals surface area contributed by atoms with Crippen molar-refractivity contribution in [3.8, 4) is 6.07 Å². The van der Waals surface area contributed by atoms with Gasteiger partial charge in [0.05, 0.1) is 22.5 Å². The molecule has 168 valence electrons. The van der Waals surface area contributed by atoms with E-state index >= 15 is 0 Å². The molecule has 0 fully saturated rings. The van der Waals surface area contributed by atoms with Crippen LogP contribution in [-0.4, -0.2) is 22.1 Å². The van der Waals surface area contributed by atoms with Crippen LogP contribution < -0.4 is 16.4 Å². The first-order valence-electron chi connectivity index (χ1n) is 10.1. The van der Waals surface area contributed by atoms with Gasteiger partial charge in [-0.05, 0) is 48.5 Å². The first-order chi connectivity index (χ1) is 16.5. The molecule has 34 heavy (non-hydrogen) atoms. The number of nitrogens with zero attached hydrogens (tertiary/aromatic N) is 2. The van der Waals surface area contributed by atoms with Gasteiger partial charge in [0.1, 0.15) is 16.4 Å². The number of thioether (sulfide) groups is 1. The Morgan fingerprint density at radius 2 is 1.65 bits per heavy atom. The minimum absolute atomic E-state index is 0.0816. The number of nitrogens with two attached hydrogens (primary N) is 1. The molecule has 0 saturated carbocycles. The molecule has 3 aromatic rings. The lowest BCUT2D eigenvalue weighted by Crippen LogP contribution is -2.29. The summed E-state index contributed by atoms with van der Waals surface area (Å²) in [6, 6.07) is 24.4. The summed E-state index contributed by atoms with van der Waals surface area (Å²) in [4.78, 5) is 30.9. The van der Waals surface area contributed by atoms with E-state index in [9.17, 15) is 14.9 Å². The van der Waals surface area contributed by atoms with Gasteiger partial charge in [-0.1, -0.05) is 53.7 Å². The Bertz CT molecular complexity index is 1350. The van der Waals surface area contributed by atoms with Gasteiger partial charge in [-0.3, -0.25) is 9.59 Å². The van der Waals surface area contributed by atoms with Crippen molar-refractivity contribution in [3.05, 3.63) is 101 Å². The second kappa shape index (κ2) is 10.3. The highest BCUT2D eigenvalue weighted by atomic mass is 35.5. The summed E-state index contributed by atoms with van der Waals surface area (Å²) in [5.41, 5.74) is 8.37. The zero-order valence-electron chi connectivity index (χ0n) is 17.7. The van der Waals surface area contributed by atoms with Crippen molar-refractivity contribution in [3.63, 3.8) is 0 Å². The van der Waals surface area contributed by atoms with Crippen molar-refractivity contribution in [2.24, 2.45) is 10.7 Å². The van der Waals surface area contributed by atoms with Crippen molar-refractivity contribution in [2.45, 2.75) is 5.25 Å². The number of nitrogens with one attached hydrogen (secondary N) is 2. The van der Waals surface area contributed by atoms with Gasteiger partial charge in [-0.15, -0.1) is 0 Å². The molecule has 0 unspecified atom stereocenters. The predicted octanol–water partition coefficient (Wildman–Crippen LogP) is 4.85. The normalized spacial score (nSPS) is 16.2. The van der Waals surface area contributed by atoms with Crippen LogP contribution in [0.25, 0.3) is 0 Å². The number of halogens is 1. The highest BCUT2D eigenvalue weighted by molar-refractivity contribution is 8.16. The summed E-state index contributed by atoms with van der Waals surface area (Å²) >= 11 is 7.00. The summed E-state index contributed by atoms with van der Waals surface area (Å²) in [5, 5.41) is 14.8. The topological polar surface area (TPSA) is 120 Å². The first-order valence-corrected chi connectivity index (χ1v) is 11.4. The number of hydrogen-bond acceptors (Lipinski definition) is 6. The van der Waals surface area contributed by atoms with Gasteiger partial charge >= 0.3 is 0 Å². The fourth-order valence-corrected chi connectivity index (χ4v) is 4.47. The Balaban J connectivity index is 1.66. The smallest absolute Gasteiger partial charge is 0.260 e. The number of aliphatic imine (C=N–C) groups is 1. The lowest BCUT2D eigenvalue weighted by Gasteiger charge is -2.12. The Labute approximate surface area is 205 Å². The van der Waals surface area contributed by atoms with Crippen LogP contribution in [0, 0.1) is 11.3 Å². The van der Waals surface area contributed by atoms with Gasteiger partial charge in [-0.2, -0.15) is 5.26 Å². The van der Waals surface area contributed by atoms with Crippen LogP contribution in [0.1, 0.15) is 5.56 Å². The third kappa shape index (κ3) is 5.12. The van der Waals surface area contributed by atoms with Gasteiger partial charge in [-0.25, -0.2) is 4.99 Å². The molecule has 0 saturated heterocycles. The van der Waals surface area contributed by atoms with Crippen LogP contribution in [0.5, 0.6) is 0 Å². The van der Waals surface area contributed by atoms with Crippen LogP contribution in [0.15, 0.2) is 95.1 Å². The lowest BCUT2D eigenvalue weighted by molar-refractivity contribution is -0.115. The molecule has 4 N–H and O–H groups in total. The SMILES string of the molecule is N#Cc1ccccc1NC(=O)[C@H]1SC(=Nc2ccccc2)C(C(=O)Nc2ccc(Cl)cc2)=C1N. The highest BCUT2D eigenvalue weighted by Crippen LogP contribution is 2.36. The third-order valence-corrected chi connectivity index (χ3v) is 6.35. The zero-order valence-corrected chi connectivity index (χ0v) is 19.2.